The summed E-state index contributed by atoms with van der Waals surface area (Å²) in [5, 5.41) is 9.01. The molecule has 15 heavy (non-hydrogen) atoms. The lowest BCUT2D eigenvalue weighted by molar-refractivity contribution is -0.149. The van der Waals surface area contributed by atoms with Crippen LogP contribution in [0.1, 0.15) is 39.5 Å². The molecule has 1 saturated carbocycles. The van der Waals surface area contributed by atoms with Gasteiger partial charge in [0.2, 0.25) is 0 Å². The molecule has 3 heteroatoms. The van der Waals surface area contributed by atoms with Crippen LogP contribution < -0.4 is 0 Å². The summed E-state index contributed by atoms with van der Waals surface area (Å²) >= 11 is 0. The molecule has 2 rings (SSSR count). The summed E-state index contributed by atoms with van der Waals surface area (Å²) in [5.41, 5.74) is 0.457. The largest absolute Gasteiger partial charge is 0.481 e. The minimum atomic E-state index is -0.601. The van der Waals surface area contributed by atoms with Gasteiger partial charge in [0.15, 0.2) is 0 Å². The van der Waals surface area contributed by atoms with E-state index in [0.29, 0.717) is 11.5 Å². The lowest BCUT2D eigenvalue weighted by atomic mass is 9.75. The molecule has 2 unspecified atom stereocenters. The van der Waals surface area contributed by atoms with Gasteiger partial charge in [-0.15, -0.1) is 0 Å². The van der Waals surface area contributed by atoms with Crippen molar-refractivity contribution in [2.75, 3.05) is 13.1 Å². The number of carboxylic acids is 1. The normalized spacial score (nSPS) is 35.9. The number of rotatable bonds is 2. The molecule has 86 valence electrons. The van der Waals surface area contributed by atoms with E-state index >= 15 is 0 Å². The van der Waals surface area contributed by atoms with Crippen molar-refractivity contribution in [3.8, 4) is 0 Å². The zero-order valence-electron chi connectivity index (χ0n) is 9.70. The summed E-state index contributed by atoms with van der Waals surface area (Å²) in [6.45, 7) is 6.78. The quantitative estimate of drug-likeness (QED) is 0.759. The average molecular weight is 211 g/mol. The second-order valence-corrected chi connectivity index (χ2v) is 5.79. The van der Waals surface area contributed by atoms with Gasteiger partial charge in [-0.1, -0.05) is 13.8 Å². The Balaban J connectivity index is 1.89. The number of aliphatic carboxylic acids is 1. The first kappa shape index (κ1) is 10.9. The number of nitrogens with zero attached hydrogens (tertiary/aromatic N) is 1. The molecule has 0 aromatic carbocycles. The van der Waals surface area contributed by atoms with Crippen molar-refractivity contribution in [2.24, 2.45) is 11.3 Å². The third-order valence-corrected chi connectivity index (χ3v) is 4.18. The van der Waals surface area contributed by atoms with Gasteiger partial charge in [-0.2, -0.15) is 0 Å². The minimum Gasteiger partial charge on any atom is -0.481 e. The van der Waals surface area contributed by atoms with Crippen LogP contribution in [0.5, 0.6) is 0 Å². The number of likely N-dealkylation sites (tertiary alicyclic amines) is 1. The Labute approximate surface area is 91.5 Å². The van der Waals surface area contributed by atoms with Gasteiger partial charge in [-0.3, -0.25) is 9.69 Å². The maximum atomic E-state index is 10.9. The molecule has 1 heterocycles. The molecule has 0 bridgehead atoms. The number of carbonyl (C=O) groups is 1. The Morgan fingerprint density at radius 1 is 1.27 bits per heavy atom. The first-order valence-electron chi connectivity index (χ1n) is 5.96. The topological polar surface area (TPSA) is 40.5 Å². The molecule has 1 aliphatic heterocycles. The number of hydrogen-bond acceptors (Lipinski definition) is 2. The van der Waals surface area contributed by atoms with Crippen LogP contribution in [0.15, 0.2) is 0 Å². The van der Waals surface area contributed by atoms with Crippen LogP contribution in [-0.4, -0.2) is 35.1 Å². The van der Waals surface area contributed by atoms with Gasteiger partial charge in [-0.05, 0) is 44.2 Å². The van der Waals surface area contributed by atoms with Crippen molar-refractivity contribution in [2.45, 2.75) is 45.6 Å². The van der Waals surface area contributed by atoms with Gasteiger partial charge in [0.05, 0.1) is 5.92 Å². The van der Waals surface area contributed by atoms with Crippen molar-refractivity contribution in [1.29, 1.82) is 0 Å². The Morgan fingerprint density at radius 2 is 1.87 bits per heavy atom. The Hall–Kier alpha value is -0.570. The van der Waals surface area contributed by atoms with E-state index in [9.17, 15) is 4.79 Å². The van der Waals surface area contributed by atoms with Crippen LogP contribution in [0.2, 0.25) is 0 Å². The molecule has 2 fully saturated rings. The summed E-state index contributed by atoms with van der Waals surface area (Å²) < 4.78 is 0. The zero-order valence-corrected chi connectivity index (χ0v) is 9.70. The van der Waals surface area contributed by atoms with Crippen LogP contribution in [-0.2, 0) is 4.79 Å². The molecule has 2 atom stereocenters. The molecular weight excluding hydrogens is 190 g/mol. The van der Waals surface area contributed by atoms with E-state index in [1.807, 2.05) is 0 Å². The molecule has 0 aromatic rings. The second kappa shape index (κ2) is 3.78. The molecular formula is C12H21NO2. The molecule has 0 spiro atoms. The third-order valence-electron chi connectivity index (χ3n) is 4.18. The van der Waals surface area contributed by atoms with E-state index in [-0.39, 0.29) is 5.92 Å². The second-order valence-electron chi connectivity index (χ2n) is 5.79. The van der Waals surface area contributed by atoms with Gasteiger partial charge in [0.25, 0.3) is 0 Å². The smallest absolute Gasteiger partial charge is 0.308 e. The first-order valence-corrected chi connectivity index (χ1v) is 5.96. The maximum Gasteiger partial charge on any atom is 0.308 e. The molecule has 0 aromatic heterocycles. The third kappa shape index (κ3) is 2.17. The highest BCUT2D eigenvalue weighted by atomic mass is 16.4. The van der Waals surface area contributed by atoms with E-state index in [4.69, 9.17) is 5.11 Å². The van der Waals surface area contributed by atoms with Crippen LogP contribution >= 0.6 is 0 Å². The summed E-state index contributed by atoms with van der Waals surface area (Å²) in [4.78, 5) is 13.3. The van der Waals surface area contributed by atoms with Gasteiger partial charge in [0, 0.05) is 6.04 Å². The van der Waals surface area contributed by atoms with Gasteiger partial charge in [-0.25, -0.2) is 0 Å². The predicted octanol–water partition coefficient (Wildman–Crippen LogP) is 1.97. The van der Waals surface area contributed by atoms with Crippen LogP contribution in [0, 0.1) is 11.3 Å². The average Bonchev–Trinajstić information content (AvgIpc) is 2.05. The predicted molar refractivity (Wildman–Crippen MR) is 58.7 cm³/mol. The lowest BCUT2D eigenvalue weighted by Gasteiger charge is -2.47. The fourth-order valence-corrected chi connectivity index (χ4v) is 2.67. The monoisotopic (exact) mass is 211 g/mol. The van der Waals surface area contributed by atoms with Crippen molar-refractivity contribution < 1.29 is 9.90 Å². The molecule has 1 N–H and O–H groups in total. The Kier molecular flexibility index (Phi) is 2.75. The van der Waals surface area contributed by atoms with E-state index in [1.54, 1.807) is 0 Å². The molecule has 1 saturated heterocycles. The molecule has 3 nitrogen and oxygen atoms in total. The summed E-state index contributed by atoms with van der Waals surface area (Å²) in [6, 6.07) is 0.332. The molecule has 1 aliphatic carbocycles. The highest BCUT2D eigenvalue weighted by Gasteiger charge is 2.41. The maximum absolute atomic E-state index is 10.9. The van der Waals surface area contributed by atoms with E-state index in [1.165, 1.54) is 12.8 Å². The van der Waals surface area contributed by atoms with Crippen molar-refractivity contribution in [3.63, 3.8) is 0 Å². The van der Waals surface area contributed by atoms with E-state index in [0.717, 1.165) is 25.9 Å². The van der Waals surface area contributed by atoms with Gasteiger partial charge in [0.1, 0.15) is 0 Å². The molecule has 0 radical (unpaired) electrons. The molecule has 2 aliphatic rings. The summed E-state index contributed by atoms with van der Waals surface area (Å²) in [6.07, 6.45) is 4.36. The number of carboxylic acid groups (broad SMARTS) is 1. The van der Waals surface area contributed by atoms with Crippen LogP contribution in [0.3, 0.4) is 0 Å². The van der Waals surface area contributed by atoms with Gasteiger partial charge < -0.3 is 5.11 Å². The summed E-state index contributed by atoms with van der Waals surface area (Å²) in [5.74, 6) is -0.692. The zero-order chi connectivity index (χ0) is 11.1. The number of hydrogen-bond donors (Lipinski definition) is 1. The van der Waals surface area contributed by atoms with Crippen molar-refractivity contribution >= 4 is 5.97 Å². The minimum absolute atomic E-state index is 0.0915. The van der Waals surface area contributed by atoms with Gasteiger partial charge >= 0.3 is 5.97 Å². The molecule has 0 amide bonds. The Bertz CT molecular complexity index is 252. The standard InChI is InChI=1S/C12H21NO2/c1-12(2)5-7-13(8-6-12)10-4-3-9(10)11(14)15/h9-10H,3-8H2,1-2H3,(H,14,15). The highest BCUT2D eigenvalue weighted by molar-refractivity contribution is 5.72. The van der Waals surface area contributed by atoms with E-state index in [2.05, 4.69) is 18.7 Å². The van der Waals surface area contributed by atoms with Crippen molar-refractivity contribution in [3.05, 3.63) is 0 Å². The lowest BCUT2D eigenvalue weighted by Crippen LogP contribution is -2.53. The fourth-order valence-electron chi connectivity index (χ4n) is 2.67. The SMILES string of the molecule is CC1(C)CCN(C2CCC2C(=O)O)CC1. The van der Waals surface area contributed by atoms with Crippen molar-refractivity contribution in [1.82, 2.24) is 4.90 Å². The van der Waals surface area contributed by atoms with Crippen LogP contribution in [0.25, 0.3) is 0 Å². The number of piperidine rings is 1. The highest BCUT2D eigenvalue weighted by Crippen LogP contribution is 2.37. The summed E-state index contributed by atoms with van der Waals surface area (Å²) in [7, 11) is 0. The fraction of sp³-hybridized carbons (Fsp3) is 0.917. The van der Waals surface area contributed by atoms with Crippen LogP contribution in [0.4, 0.5) is 0 Å². The Morgan fingerprint density at radius 3 is 2.27 bits per heavy atom. The first-order chi connectivity index (χ1) is 6.99. The van der Waals surface area contributed by atoms with E-state index < -0.39 is 5.97 Å².